The number of nitrogens with one attached hydrogen (secondary N) is 1. The molecular weight excluding hydrogens is 214 g/mol. The van der Waals surface area contributed by atoms with Gasteiger partial charge >= 0.3 is 5.97 Å². The lowest BCUT2D eigenvalue weighted by Crippen LogP contribution is -2.17. The third-order valence-corrected chi connectivity index (χ3v) is 2.79. The van der Waals surface area contributed by atoms with Crippen LogP contribution in [0.15, 0.2) is 24.3 Å². The molecule has 0 aliphatic heterocycles. The molecule has 0 amide bonds. The van der Waals surface area contributed by atoms with Gasteiger partial charge in [-0.25, -0.2) is 4.79 Å². The van der Waals surface area contributed by atoms with Gasteiger partial charge in [0.05, 0.1) is 6.04 Å². The number of aryl methyl sites for hydroxylation is 3. The Labute approximate surface area is 102 Å². The zero-order valence-electron chi connectivity index (χ0n) is 10.7. The zero-order chi connectivity index (χ0) is 13.0. The van der Waals surface area contributed by atoms with Crippen LogP contribution in [0.1, 0.15) is 28.3 Å². The van der Waals surface area contributed by atoms with E-state index < -0.39 is 5.97 Å². The summed E-state index contributed by atoms with van der Waals surface area (Å²) in [5, 5.41) is 11.8. The maximum atomic E-state index is 10.6. The molecular formula is C14H19NO2. The first-order valence-corrected chi connectivity index (χ1v) is 5.62. The summed E-state index contributed by atoms with van der Waals surface area (Å²) in [6.45, 7) is 6.16. The molecule has 1 rings (SSSR count). The van der Waals surface area contributed by atoms with Crippen molar-refractivity contribution in [3.8, 4) is 0 Å². The summed E-state index contributed by atoms with van der Waals surface area (Å²) in [5.41, 5.74) is 4.73. The minimum absolute atomic E-state index is 0.0632. The summed E-state index contributed by atoms with van der Waals surface area (Å²) in [5.74, 6) is -0.923. The van der Waals surface area contributed by atoms with Crippen LogP contribution in [0.2, 0.25) is 0 Å². The molecule has 1 aromatic carbocycles. The first-order valence-electron chi connectivity index (χ1n) is 5.62. The zero-order valence-corrected chi connectivity index (χ0v) is 10.7. The van der Waals surface area contributed by atoms with Crippen LogP contribution < -0.4 is 5.32 Å². The minimum atomic E-state index is -0.923. The molecule has 3 heteroatoms. The molecule has 0 saturated heterocycles. The summed E-state index contributed by atoms with van der Waals surface area (Å²) >= 11 is 0. The van der Waals surface area contributed by atoms with Gasteiger partial charge < -0.3 is 10.4 Å². The number of rotatable bonds is 4. The second-order valence-electron chi connectivity index (χ2n) is 4.28. The molecule has 0 spiro atoms. The number of carboxylic acids is 1. The van der Waals surface area contributed by atoms with Crippen LogP contribution in [0.3, 0.4) is 0 Å². The van der Waals surface area contributed by atoms with Gasteiger partial charge in [-0.15, -0.1) is 0 Å². The first kappa shape index (κ1) is 13.5. The van der Waals surface area contributed by atoms with Crippen molar-refractivity contribution in [1.82, 2.24) is 5.32 Å². The van der Waals surface area contributed by atoms with E-state index in [4.69, 9.17) is 5.11 Å². The third kappa shape index (κ3) is 3.43. The number of carbonyl (C=O) groups is 1. The van der Waals surface area contributed by atoms with Crippen molar-refractivity contribution in [2.75, 3.05) is 7.05 Å². The summed E-state index contributed by atoms with van der Waals surface area (Å²) < 4.78 is 0. The lowest BCUT2D eigenvalue weighted by atomic mass is 9.94. The van der Waals surface area contributed by atoms with Crippen LogP contribution in [0.25, 0.3) is 0 Å². The predicted octanol–water partition coefficient (Wildman–Crippen LogP) is 2.51. The average Bonchev–Trinajstić information content (AvgIpc) is 2.21. The molecule has 1 atom stereocenters. The normalized spacial score (nSPS) is 12.9. The van der Waals surface area contributed by atoms with Gasteiger partial charge in [0.25, 0.3) is 0 Å². The Morgan fingerprint density at radius 1 is 1.29 bits per heavy atom. The van der Waals surface area contributed by atoms with Crippen molar-refractivity contribution in [2.24, 2.45) is 0 Å². The Bertz CT molecular complexity index is 427. The molecule has 0 aliphatic carbocycles. The highest BCUT2D eigenvalue weighted by atomic mass is 16.4. The van der Waals surface area contributed by atoms with E-state index in [-0.39, 0.29) is 6.04 Å². The summed E-state index contributed by atoms with van der Waals surface area (Å²) in [6, 6.07) is 4.16. The Balaban J connectivity index is 3.16. The second-order valence-corrected chi connectivity index (χ2v) is 4.28. The second kappa shape index (κ2) is 5.64. The highest BCUT2D eigenvalue weighted by Gasteiger charge is 2.12. The van der Waals surface area contributed by atoms with Gasteiger partial charge in [0.15, 0.2) is 0 Å². The Hall–Kier alpha value is -1.61. The van der Waals surface area contributed by atoms with Gasteiger partial charge in [-0.05, 0) is 44.5 Å². The fourth-order valence-electron chi connectivity index (χ4n) is 2.20. The van der Waals surface area contributed by atoms with E-state index >= 15 is 0 Å². The van der Waals surface area contributed by atoms with Crippen LogP contribution >= 0.6 is 0 Å². The number of likely N-dealkylation sites (N-methyl/N-ethyl adjacent to an activating group) is 1. The van der Waals surface area contributed by atoms with E-state index in [1.807, 2.05) is 20.9 Å². The summed E-state index contributed by atoms with van der Waals surface area (Å²) in [4.78, 5) is 10.6. The topological polar surface area (TPSA) is 49.3 Å². The lowest BCUT2D eigenvalue weighted by Gasteiger charge is -2.18. The molecule has 0 radical (unpaired) electrons. The molecule has 1 unspecified atom stereocenters. The average molecular weight is 233 g/mol. The molecule has 0 heterocycles. The Morgan fingerprint density at radius 3 is 2.24 bits per heavy atom. The molecule has 2 N–H and O–H groups in total. The van der Waals surface area contributed by atoms with Crippen molar-refractivity contribution in [1.29, 1.82) is 0 Å². The van der Waals surface area contributed by atoms with Crippen LogP contribution in [0.4, 0.5) is 0 Å². The van der Waals surface area contributed by atoms with E-state index in [0.29, 0.717) is 0 Å². The van der Waals surface area contributed by atoms with Gasteiger partial charge in [-0.1, -0.05) is 23.8 Å². The Morgan fingerprint density at radius 2 is 1.82 bits per heavy atom. The SMILES string of the molecule is CNC(/C=C/C(=O)O)c1c(C)cc(C)cc1C. The number of benzene rings is 1. The van der Waals surface area contributed by atoms with Crippen molar-refractivity contribution in [3.05, 3.63) is 46.5 Å². The van der Waals surface area contributed by atoms with Crippen LogP contribution in [0, 0.1) is 20.8 Å². The van der Waals surface area contributed by atoms with Gasteiger partial charge in [-0.2, -0.15) is 0 Å². The van der Waals surface area contributed by atoms with Crippen molar-refractivity contribution >= 4 is 5.97 Å². The van der Waals surface area contributed by atoms with Gasteiger partial charge in [0, 0.05) is 6.08 Å². The smallest absolute Gasteiger partial charge is 0.328 e. The Kier molecular flexibility index (Phi) is 4.46. The van der Waals surface area contributed by atoms with E-state index in [0.717, 1.165) is 5.56 Å². The molecule has 0 saturated carbocycles. The molecule has 0 aliphatic rings. The fraction of sp³-hybridized carbons (Fsp3) is 0.357. The molecule has 0 bridgehead atoms. The number of aliphatic carboxylic acids is 1. The summed E-state index contributed by atoms with van der Waals surface area (Å²) in [6.07, 6.45) is 2.85. The van der Waals surface area contributed by atoms with Crippen molar-refractivity contribution in [2.45, 2.75) is 26.8 Å². The maximum absolute atomic E-state index is 10.6. The maximum Gasteiger partial charge on any atom is 0.328 e. The third-order valence-electron chi connectivity index (χ3n) is 2.79. The minimum Gasteiger partial charge on any atom is -0.478 e. The molecule has 92 valence electrons. The standard InChI is InChI=1S/C14H19NO2/c1-9-7-10(2)14(11(3)8-9)12(15-4)5-6-13(16)17/h5-8,12,15H,1-4H3,(H,16,17)/b6-5+. The highest BCUT2D eigenvalue weighted by Crippen LogP contribution is 2.24. The van der Waals surface area contributed by atoms with Crippen LogP contribution in [-0.4, -0.2) is 18.1 Å². The van der Waals surface area contributed by atoms with Crippen molar-refractivity contribution < 1.29 is 9.90 Å². The predicted molar refractivity (Wildman–Crippen MR) is 69.2 cm³/mol. The van der Waals surface area contributed by atoms with E-state index in [1.165, 1.54) is 22.8 Å². The molecule has 1 aromatic rings. The molecule has 0 fully saturated rings. The number of carboxylic acid groups (broad SMARTS) is 1. The monoisotopic (exact) mass is 233 g/mol. The largest absolute Gasteiger partial charge is 0.478 e. The first-order chi connectivity index (χ1) is 7.95. The van der Waals surface area contributed by atoms with Crippen LogP contribution in [0.5, 0.6) is 0 Å². The lowest BCUT2D eigenvalue weighted by molar-refractivity contribution is -0.131. The van der Waals surface area contributed by atoms with Gasteiger partial charge in [-0.3, -0.25) is 0 Å². The van der Waals surface area contributed by atoms with Crippen LogP contribution in [-0.2, 0) is 4.79 Å². The fourth-order valence-corrected chi connectivity index (χ4v) is 2.20. The van der Waals surface area contributed by atoms with E-state index in [2.05, 4.69) is 24.4 Å². The number of hydrogen-bond acceptors (Lipinski definition) is 2. The highest BCUT2D eigenvalue weighted by molar-refractivity contribution is 5.79. The molecule has 3 nitrogen and oxygen atoms in total. The molecule has 17 heavy (non-hydrogen) atoms. The van der Waals surface area contributed by atoms with Gasteiger partial charge in [0.1, 0.15) is 0 Å². The quantitative estimate of drug-likeness (QED) is 0.786. The van der Waals surface area contributed by atoms with E-state index in [1.54, 1.807) is 6.08 Å². The molecule has 0 aromatic heterocycles. The van der Waals surface area contributed by atoms with Crippen molar-refractivity contribution in [3.63, 3.8) is 0 Å². The van der Waals surface area contributed by atoms with E-state index in [9.17, 15) is 4.79 Å². The summed E-state index contributed by atoms with van der Waals surface area (Å²) in [7, 11) is 1.83. The number of hydrogen-bond donors (Lipinski definition) is 2. The van der Waals surface area contributed by atoms with Gasteiger partial charge in [0.2, 0.25) is 0 Å².